The number of amides is 4. The molecule has 1 aromatic carbocycles. The van der Waals surface area contributed by atoms with Crippen molar-refractivity contribution in [1.29, 1.82) is 0 Å². The quantitative estimate of drug-likeness (QED) is 0.814. The van der Waals surface area contributed by atoms with Gasteiger partial charge in [-0.15, -0.1) is 0 Å². The van der Waals surface area contributed by atoms with Crippen LogP contribution in [0.4, 0.5) is 4.79 Å². The largest absolute Gasteiger partial charge is 0.440 e. The van der Waals surface area contributed by atoms with Crippen molar-refractivity contribution in [2.45, 2.75) is 31.2 Å². The number of para-hydroxylation sites is 2. The van der Waals surface area contributed by atoms with Gasteiger partial charge in [-0.1, -0.05) is 12.1 Å². The standard InChI is InChI=1S/C17H18N4O4/c22-14(8-12-15(23)20-17(24)19-12)21-7-3-4-10(9-21)16-18-11-5-1-2-6-13(11)25-16/h1-2,5-6,10,12H,3-4,7-9H2,(H2,19,20,23,24). The molecule has 0 radical (unpaired) electrons. The first-order valence-corrected chi connectivity index (χ1v) is 8.35. The van der Waals surface area contributed by atoms with Gasteiger partial charge in [0.15, 0.2) is 11.5 Å². The van der Waals surface area contributed by atoms with Crippen molar-refractivity contribution in [3.05, 3.63) is 30.2 Å². The second kappa shape index (κ2) is 6.19. The highest BCUT2D eigenvalue weighted by molar-refractivity contribution is 6.05. The molecule has 8 heteroatoms. The highest BCUT2D eigenvalue weighted by atomic mass is 16.3. The van der Waals surface area contributed by atoms with Gasteiger partial charge in [0, 0.05) is 13.1 Å². The van der Waals surface area contributed by atoms with E-state index >= 15 is 0 Å². The number of piperidine rings is 1. The number of fused-ring (bicyclic) bond motifs is 1. The number of hydrogen-bond donors (Lipinski definition) is 2. The molecule has 0 aliphatic carbocycles. The molecule has 25 heavy (non-hydrogen) atoms. The summed E-state index contributed by atoms with van der Waals surface area (Å²) in [5.74, 6) is 0.0803. The fourth-order valence-corrected chi connectivity index (χ4v) is 3.38. The predicted octanol–water partition coefficient (Wildman–Crippen LogP) is 1.13. The van der Waals surface area contributed by atoms with Gasteiger partial charge in [0.2, 0.25) is 5.91 Å². The van der Waals surface area contributed by atoms with Crippen molar-refractivity contribution in [2.75, 3.05) is 13.1 Å². The van der Waals surface area contributed by atoms with Crippen LogP contribution in [0, 0.1) is 0 Å². The Bertz CT molecular complexity index is 813. The van der Waals surface area contributed by atoms with Crippen LogP contribution in [0.15, 0.2) is 28.7 Å². The predicted molar refractivity (Wildman–Crippen MR) is 87.6 cm³/mol. The third-order valence-electron chi connectivity index (χ3n) is 4.67. The lowest BCUT2D eigenvalue weighted by atomic mass is 9.97. The Morgan fingerprint density at radius 2 is 2.16 bits per heavy atom. The molecule has 2 atom stereocenters. The van der Waals surface area contributed by atoms with Crippen LogP contribution in [-0.2, 0) is 9.59 Å². The van der Waals surface area contributed by atoms with E-state index < -0.39 is 18.0 Å². The van der Waals surface area contributed by atoms with Crippen molar-refractivity contribution in [1.82, 2.24) is 20.5 Å². The van der Waals surface area contributed by atoms with Gasteiger partial charge in [-0.2, -0.15) is 0 Å². The number of carbonyl (C=O) groups excluding carboxylic acids is 3. The van der Waals surface area contributed by atoms with Crippen LogP contribution >= 0.6 is 0 Å². The fraction of sp³-hybridized carbons (Fsp3) is 0.412. The topological polar surface area (TPSA) is 105 Å². The number of benzene rings is 1. The van der Waals surface area contributed by atoms with E-state index in [1.165, 1.54) is 0 Å². The van der Waals surface area contributed by atoms with Gasteiger partial charge >= 0.3 is 6.03 Å². The Hall–Kier alpha value is -2.90. The van der Waals surface area contributed by atoms with Gasteiger partial charge < -0.3 is 14.6 Å². The molecule has 0 saturated carbocycles. The zero-order valence-electron chi connectivity index (χ0n) is 13.5. The Labute approximate surface area is 143 Å². The molecule has 1 aromatic heterocycles. The van der Waals surface area contributed by atoms with E-state index in [0.717, 1.165) is 23.9 Å². The maximum Gasteiger partial charge on any atom is 0.322 e. The van der Waals surface area contributed by atoms with Crippen LogP contribution in [0.5, 0.6) is 0 Å². The number of urea groups is 1. The van der Waals surface area contributed by atoms with Gasteiger partial charge in [0.25, 0.3) is 5.91 Å². The lowest BCUT2D eigenvalue weighted by Gasteiger charge is -2.31. The van der Waals surface area contributed by atoms with E-state index in [9.17, 15) is 14.4 Å². The summed E-state index contributed by atoms with van der Waals surface area (Å²) in [6, 6.07) is 6.24. The monoisotopic (exact) mass is 342 g/mol. The van der Waals surface area contributed by atoms with Crippen molar-refractivity contribution in [3.63, 3.8) is 0 Å². The molecule has 2 saturated heterocycles. The van der Waals surface area contributed by atoms with Crippen molar-refractivity contribution < 1.29 is 18.8 Å². The zero-order chi connectivity index (χ0) is 17.4. The Kier molecular flexibility index (Phi) is 3.87. The van der Waals surface area contributed by atoms with Gasteiger partial charge in [-0.3, -0.25) is 14.9 Å². The zero-order valence-corrected chi connectivity index (χ0v) is 13.5. The van der Waals surface area contributed by atoms with Gasteiger partial charge in [-0.25, -0.2) is 9.78 Å². The molecule has 3 heterocycles. The molecule has 2 N–H and O–H groups in total. The molecule has 2 aliphatic heterocycles. The SMILES string of the molecule is O=C1NC(=O)C(CC(=O)N2CCCC(c3nc4ccccc4o3)C2)N1. The average Bonchev–Trinajstić information content (AvgIpc) is 3.18. The minimum Gasteiger partial charge on any atom is -0.440 e. The molecule has 130 valence electrons. The first kappa shape index (κ1) is 15.6. The maximum absolute atomic E-state index is 12.5. The van der Waals surface area contributed by atoms with E-state index in [-0.39, 0.29) is 18.2 Å². The third kappa shape index (κ3) is 3.07. The lowest BCUT2D eigenvalue weighted by Crippen LogP contribution is -2.43. The number of nitrogens with zero attached hydrogens (tertiary/aromatic N) is 2. The molecule has 8 nitrogen and oxygen atoms in total. The van der Waals surface area contributed by atoms with E-state index in [1.54, 1.807) is 4.90 Å². The van der Waals surface area contributed by atoms with Crippen molar-refractivity contribution in [3.8, 4) is 0 Å². The van der Waals surface area contributed by atoms with Gasteiger partial charge in [-0.05, 0) is 25.0 Å². The van der Waals surface area contributed by atoms with E-state index in [0.29, 0.717) is 19.0 Å². The van der Waals surface area contributed by atoms with Gasteiger partial charge in [0.05, 0.1) is 12.3 Å². The molecule has 2 unspecified atom stereocenters. The molecule has 0 spiro atoms. The van der Waals surface area contributed by atoms with Crippen LogP contribution in [0.25, 0.3) is 11.1 Å². The van der Waals surface area contributed by atoms with E-state index in [2.05, 4.69) is 15.6 Å². The molecule has 4 rings (SSSR count). The number of carbonyl (C=O) groups is 3. The molecule has 4 amide bonds. The summed E-state index contributed by atoms with van der Waals surface area (Å²) in [5, 5.41) is 4.60. The summed E-state index contributed by atoms with van der Waals surface area (Å²) >= 11 is 0. The van der Waals surface area contributed by atoms with E-state index in [4.69, 9.17) is 4.42 Å². The molecule has 2 aromatic rings. The smallest absolute Gasteiger partial charge is 0.322 e. The first-order valence-electron chi connectivity index (χ1n) is 8.35. The highest BCUT2D eigenvalue weighted by Gasteiger charge is 2.34. The van der Waals surface area contributed by atoms with Crippen molar-refractivity contribution >= 4 is 28.9 Å². The highest BCUT2D eigenvalue weighted by Crippen LogP contribution is 2.29. The maximum atomic E-state index is 12.5. The van der Waals surface area contributed by atoms with Crippen LogP contribution in [-0.4, -0.2) is 46.9 Å². The third-order valence-corrected chi connectivity index (χ3v) is 4.67. The lowest BCUT2D eigenvalue weighted by molar-refractivity contribution is -0.135. The number of hydrogen-bond acceptors (Lipinski definition) is 5. The number of oxazole rings is 1. The molecule has 0 bridgehead atoms. The molecule has 2 fully saturated rings. The normalized spacial score (nSPS) is 23.6. The Morgan fingerprint density at radius 3 is 2.92 bits per heavy atom. The second-order valence-electron chi connectivity index (χ2n) is 6.42. The second-order valence-corrected chi connectivity index (χ2v) is 6.42. The Morgan fingerprint density at radius 1 is 1.32 bits per heavy atom. The first-order chi connectivity index (χ1) is 12.1. The summed E-state index contributed by atoms with van der Waals surface area (Å²) in [4.78, 5) is 41.5. The average molecular weight is 342 g/mol. The molecular formula is C17H18N4O4. The number of nitrogens with one attached hydrogen (secondary N) is 2. The van der Waals surface area contributed by atoms with Crippen LogP contribution in [0.3, 0.4) is 0 Å². The molecule has 2 aliphatic rings. The summed E-state index contributed by atoms with van der Waals surface area (Å²) in [6.45, 7) is 1.14. The van der Waals surface area contributed by atoms with Crippen LogP contribution in [0.1, 0.15) is 31.1 Å². The number of rotatable bonds is 3. The molecular weight excluding hydrogens is 324 g/mol. The summed E-state index contributed by atoms with van der Waals surface area (Å²) < 4.78 is 5.83. The number of imide groups is 1. The summed E-state index contributed by atoms with van der Waals surface area (Å²) in [7, 11) is 0. The fourth-order valence-electron chi connectivity index (χ4n) is 3.38. The minimum atomic E-state index is -0.787. The van der Waals surface area contributed by atoms with Gasteiger partial charge in [0.1, 0.15) is 11.6 Å². The Balaban J connectivity index is 1.44. The van der Waals surface area contributed by atoms with Crippen LogP contribution < -0.4 is 10.6 Å². The van der Waals surface area contributed by atoms with Crippen LogP contribution in [0.2, 0.25) is 0 Å². The van der Waals surface area contributed by atoms with E-state index in [1.807, 2.05) is 24.3 Å². The van der Waals surface area contributed by atoms with Crippen molar-refractivity contribution in [2.24, 2.45) is 0 Å². The number of aromatic nitrogens is 1. The number of likely N-dealkylation sites (tertiary alicyclic amines) is 1. The summed E-state index contributed by atoms with van der Waals surface area (Å²) in [5.41, 5.74) is 1.55. The minimum absolute atomic E-state index is 0.0299. The summed E-state index contributed by atoms with van der Waals surface area (Å²) in [6.07, 6.45) is 1.72.